The molecule has 8 heteroatoms. The summed E-state index contributed by atoms with van der Waals surface area (Å²) in [5.41, 5.74) is 1.62. The summed E-state index contributed by atoms with van der Waals surface area (Å²) in [6.45, 7) is 5.98. The number of amides is 4. The number of nitrogens with zero attached hydrogens (tertiary/aromatic N) is 2. The van der Waals surface area contributed by atoms with E-state index >= 15 is 0 Å². The third-order valence-electron chi connectivity index (χ3n) is 6.09. The highest BCUT2D eigenvalue weighted by Gasteiger charge is 2.35. The third kappa shape index (κ3) is 5.83. The van der Waals surface area contributed by atoms with Crippen LogP contribution in [0.5, 0.6) is 0 Å². The van der Waals surface area contributed by atoms with Crippen LogP contribution < -0.4 is 5.32 Å². The van der Waals surface area contributed by atoms with E-state index in [2.05, 4.69) is 5.32 Å². The lowest BCUT2D eigenvalue weighted by molar-refractivity contribution is -0.141. The molecule has 0 saturated carbocycles. The van der Waals surface area contributed by atoms with Gasteiger partial charge in [0, 0.05) is 30.6 Å². The average molecular weight is 484 g/mol. The van der Waals surface area contributed by atoms with Gasteiger partial charge in [0.05, 0.1) is 11.1 Å². The first kappa shape index (κ1) is 25.4. The molecule has 2 unspecified atom stereocenters. The van der Waals surface area contributed by atoms with E-state index in [-0.39, 0.29) is 49.2 Å². The highest BCUT2D eigenvalue weighted by molar-refractivity contribution is 6.30. The highest BCUT2D eigenvalue weighted by Crippen LogP contribution is 2.23. The number of imide groups is 1. The van der Waals surface area contributed by atoms with Crippen molar-refractivity contribution in [1.29, 1.82) is 0 Å². The van der Waals surface area contributed by atoms with Gasteiger partial charge in [0.25, 0.3) is 11.8 Å². The molecule has 7 nitrogen and oxygen atoms in total. The minimum Gasteiger partial charge on any atom is -0.352 e. The van der Waals surface area contributed by atoms with Crippen molar-refractivity contribution >= 4 is 35.2 Å². The molecule has 0 saturated heterocycles. The second kappa shape index (κ2) is 11.3. The van der Waals surface area contributed by atoms with E-state index in [1.54, 1.807) is 43.3 Å². The standard InChI is InChI=1S/C26H30ClN3O4/c1-4-17(2)28-24(32)18(3)30(16-19-11-13-20(27)14-12-19)23(31)10-7-15-29-25(33)21-8-5-6-9-22(21)26(29)34/h5-6,8-9,11-14,17-18H,4,7,10,15-16H2,1-3H3,(H,28,32). The smallest absolute Gasteiger partial charge is 0.261 e. The van der Waals surface area contributed by atoms with Gasteiger partial charge in [-0.05, 0) is 56.5 Å². The Bertz CT molecular complexity index is 1030. The van der Waals surface area contributed by atoms with Crippen LogP contribution >= 0.6 is 11.6 Å². The average Bonchev–Trinajstić information content (AvgIpc) is 3.08. The van der Waals surface area contributed by atoms with Crippen LogP contribution in [0.3, 0.4) is 0 Å². The van der Waals surface area contributed by atoms with Gasteiger partial charge in [-0.15, -0.1) is 0 Å². The van der Waals surface area contributed by atoms with E-state index in [9.17, 15) is 19.2 Å². The monoisotopic (exact) mass is 483 g/mol. The quantitative estimate of drug-likeness (QED) is 0.516. The Balaban J connectivity index is 1.67. The summed E-state index contributed by atoms with van der Waals surface area (Å²) in [4.78, 5) is 53.8. The Morgan fingerprint density at radius 2 is 1.59 bits per heavy atom. The zero-order valence-electron chi connectivity index (χ0n) is 19.7. The highest BCUT2D eigenvalue weighted by atomic mass is 35.5. The summed E-state index contributed by atoms with van der Waals surface area (Å²) >= 11 is 5.98. The molecule has 0 radical (unpaired) electrons. The van der Waals surface area contributed by atoms with Crippen LogP contribution in [-0.4, -0.2) is 52.1 Å². The van der Waals surface area contributed by atoms with Gasteiger partial charge in [-0.25, -0.2) is 0 Å². The number of carbonyl (C=O) groups is 4. The van der Waals surface area contributed by atoms with Gasteiger partial charge >= 0.3 is 0 Å². The minimum absolute atomic E-state index is 0.00347. The number of halogens is 1. The topological polar surface area (TPSA) is 86.8 Å². The molecule has 1 aliphatic heterocycles. The van der Waals surface area contributed by atoms with Crippen LogP contribution in [0, 0.1) is 0 Å². The number of nitrogens with one attached hydrogen (secondary N) is 1. The molecule has 0 bridgehead atoms. The Morgan fingerprint density at radius 1 is 1.00 bits per heavy atom. The lowest BCUT2D eigenvalue weighted by atomic mass is 10.1. The summed E-state index contributed by atoms with van der Waals surface area (Å²) in [7, 11) is 0. The number of carbonyl (C=O) groups excluding carboxylic acids is 4. The number of fused-ring (bicyclic) bond motifs is 1. The largest absolute Gasteiger partial charge is 0.352 e. The maximum atomic E-state index is 13.2. The van der Waals surface area contributed by atoms with E-state index in [1.807, 2.05) is 26.0 Å². The van der Waals surface area contributed by atoms with Crippen LogP contribution in [-0.2, 0) is 16.1 Å². The van der Waals surface area contributed by atoms with Crippen molar-refractivity contribution in [3.8, 4) is 0 Å². The van der Waals surface area contributed by atoms with Gasteiger partial charge < -0.3 is 10.2 Å². The maximum Gasteiger partial charge on any atom is 0.261 e. The lowest BCUT2D eigenvalue weighted by Crippen LogP contribution is -2.49. The normalized spacial score (nSPS) is 14.5. The van der Waals surface area contributed by atoms with Crippen LogP contribution in [0.1, 0.15) is 66.3 Å². The summed E-state index contributed by atoms with van der Waals surface area (Å²) in [5, 5.41) is 3.52. The lowest BCUT2D eigenvalue weighted by Gasteiger charge is -2.30. The summed E-state index contributed by atoms with van der Waals surface area (Å²) < 4.78 is 0. The van der Waals surface area contributed by atoms with Crippen LogP contribution in [0.4, 0.5) is 0 Å². The number of hydrogen-bond donors (Lipinski definition) is 1. The molecule has 34 heavy (non-hydrogen) atoms. The van der Waals surface area contributed by atoms with Crippen molar-refractivity contribution in [2.75, 3.05) is 6.54 Å². The fourth-order valence-corrected chi connectivity index (χ4v) is 3.93. The zero-order valence-corrected chi connectivity index (χ0v) is 20.5. The van der Waals surface area contributed by atoms with Gasteiger partial charge in [-0.1, -0.05) is 42.8 Å². The van der Waals surface area contributed by atoms with Crippen molar-refractivity contribution in [2.45, 2.75) is 58.7 Å². The van der Waals surface area contributed by atoms with Crippen LogP contribution in [0.25, 0.3) is 0 Å². The fourth-order valence-electron chi connectivity index (χ4n) is 3.81. The Morgan fingerprint density at radius 3 is 2.15 bits per heavy atom. The van der Waals surface area contributed by atoms with E-state index in [1.165, 1.54) is 9.80 Å². The van der Waals surface area contributed by atoms with Gasteiger partial charge in [-0.3, -0.25) is 24.1 Å². The van der Waals surface area contributed by atoms with Crippen molar-refractivity contribution in [2.24, 2.45) is 0 Å². The molecule has 0 aliphatic carbocycles. The second-order valence-corrected chi connectivity index (χ2v) is 8.99. The van der Waals surface area contributed by atoms with E-state index in [4.69, 9.17) is 11.6 Å². The molecule has 0 fully saturated rings. The third-order valence-corrected chi connectivity index (χ3v) is 6.34. The molecular weight excluding hydrogens is 454 g/mol. The van der Waals surface area contributed by atoms with E-state index < -0.39 is 6.04 Å². The molecule has 4 amide bonds. The van der Waals surface area contributed by atoms with Crippen LogP contribution in [0.2, 0.25) is 5.02 Å². The molecule has 2 atom stereocenters. The summed E-state index contributed by atoms with van der Waals surface area (Å²) in [5.74, 6) is -1.13. The number of benzene rings is 2. The summed E-state index contributed by atoms with van der Waals surface area (Å²) in [6, 6.07) is 13.1. The van der Waals surface area contributed by atoms with Gasteiger partial charge in [0.1, 0.15) is 6.04 Å². The van der Waals surface area contributed by atoms with Crippen molar-refractivity contribution in [1.82, 2.24) is 15.1 Å². The first-order valence-corrected chi connectivity index (χ1v) is 11.9. The molecule has 0 spiro atoms. The minimum atomic E-state index is -0.684. The first-order chi connectivity index (χ1) is 16.2. The molecule has 1 heterocycles. The molecule has 1 aliphatic rings. The van der Waals surface area contributed by atoms with Crippen molar-refractivity contribution < 1.29 is 19.2 Å². The van der Waals surface area contributed by atoms with E-state index in [0.29, 0.717) is 22.6 Å². The summed E-state index contributed by atoms with van der Waals surface area (Å²) in [6.07, 6.45) is 1.19. The Hall–Kier alpha value is -3.19. The Kier molecular flexibility index (Phi) is 8.45. The maximum absolute atomic E-state index is 13.2. The van der Waals surface area contributed by atoms with Gasteiger partial charge in [0.15, 0.2) is 0 Å². The van der Waals surface area contributed by atoms with Gasteiger partial charge in [-0.2, -0.15) is 0 Å². The van der Waals surface area contributed by atoms with Gasteiger partial charge in [0.2, 0.25) is 11.8 Å². The van der Waals surface area contributed by atoms with Crippen LogP contribution in [0.15, 0.2) is 48.5 Å². The fraction of sp³-hybridized carbons (Fsp3) is 0.385. The molecule has 1 N–H and O–H groups in total. The molecule has 180 valence electrons. The van der Waals surface area contributed by atoms with Crippen molar-refractivity contribution in [3.63, 3.8) is 0 Å². The first-order valence-electron chi connectivity index (χ1n) is 11.5. The van der Waals surface area contributed by atoms with Crippen molar-refractivity contribution in [3.05, 3.63) is 70.2 Å². The zero-order chi connectivity index (χ0) is 24.8. The number of rotatable bonds is 10. The predicted molar refractivity (Wildman–Crippen MR) is 130 cm³/mol. The molecule has 2 aromatic carbocycles. The molecule has 0 aromatic heterocycles. The predicted octanol–water partition coefficient (Wildman–Crippen LogP) is 4.05. The van der Waals surface area contributed by atoms with E-state index in [0.717, 1.165) is 12.0 Å². The SMILES string of the molecule is CCC(C)NC(=O)C(C)N(Cc1ccc(Cl)cc1)C(=O)CCCN1C(=O)c2ccccc2C1=O. The molecule has 2 aromatic rings. The molecule has 3 rings (SSSR count). The number of hydrogen-bond acceptors (Lipinski definition) is 4. The Labute approximate surface area is 205 Å². The second-order valence-electron chi connectivity index (χ2n) is 8.55. The molecular formula is C26H30ClN3O4.